The lowest BCUT2D eigenvalue weighted by Gasteiger charge is -2.32. The van der Waals surface area contributed by atoms with Crippen molar-refractivity contribution < 1.29 is 14.3 Å². The highest BCUT2D eigenvalue weighted by Gasteiger charge is 2.33. The van der Waals surface area contributed by atoms with Gasteiger partial charge in [-0.2, -0.15) is 0 Å². The molecule has 0 heterocycles. The van der Waals surface area contributed by atoms with Gasteiger partial charge < -0.3 is 15.0 Å². The lowest BCUT2D eigenvalue weighted by atomic mass is 10.0. The fourth-order valence-electron chi connectivity index (χ4n) is 3.89. The van der Waals surface area contributed by atoms with Crippen molar-refractivity contribution in [3.63, 3.8) is 0 Å². The summed E-state index contributed by atoms with van der Waals surface area (Å²) in [5, 5.41) is 3.69. The smallest absolute Gasteiger partial charge is 0.247 e. The first-order chi connectivity index (χ1) is 14.5. The summed E-state index contributed by atoms with van der Waals surface area (Å²) in [4.78, 5) is 27.8. The molecule has 7 heteroatoms. The zero-order valence-electron chi connectivity index (χ0n) is 16.9. The van der Waals surface area contributed by atoms with Crippen LogP contribution < -0.4 is 10.1 Å². The number of nitrogens with zero attached hydrogens (tertiary/aromatic N) is 1. The van der Waals surface area contributed by atoms with E-state index in [4.69, 9.17) is 27.9 Å². The first-order valence-corrected chi connectivity index (χ1v) is 11.0. The van der Waals surface area contributed by atoms with Gasteiger partial charge in [-0.05, 0) is 36.6 Å². The summed E-state index contributed by atoms with van der Waals surface area (Å²) in [6, 6.07) is 13.7. The molecule has 1 fully saturated rings. The van der Waals surface area contributed by atoms with Crippen LogP contribution in [-0.4, -0.2) is 35.7 Å². The normalized spacial score (nSPS) is 14.9. The van der Waals surface area contributed by atoms with Crippen LogP contribution in [0.1, 0.15) is 42.9 Å². The van der Waals surface area contributed by atoms with Gasteiger partial charge in [-0.15, -0.1) is 11.6 Å². The van der Waals surface area contributed by atoms with Crippen molar-refractivity contribution >= 4 is 35.0 Å². The molecule has 1 atom stereocenters. The molecule has 1 saturated carbocycles. The van der Waals surface area contributed by atoms with Crippen molar-refractivity contribution in [3.8, 4) is 5.75 Å². The van der Waals surface area contributed by atoms with E-state index in [-0.39, 0.29) is 30.3 Å². The molecule has 5 nitrogen and oxygen atoms in total. The van der Waals surface area contributed by atoms with Crippen LogP contribution in [0.4, 0.5) is 0 Å². The number of ether oxygens (including phenoxy) is 1. The largest absolute Gasteiger partial charge is 0.496 e. The Hall–Kier alpha value is -2.24. The van der Waals surface area contributed by atoms with Crippen LogP contribution in [0.2, 0.25) is 5.02 Å². The maximum atomic E-state index is 13.4. The molecular formula is C23H26Cl2N2O3. The molecule has 160 valence electrons. The molecule has 0 bridgehead atoms. The monoisotopic (exact) mass is 448 g/mol. The van der Waals surface area contributed by atoms with E-state index in [1.54, 1.807) is 31.4 Å². The predicted octanol–water partition coefficient (Wildman–Crippen LogP) is 4.72. The third kappa shape index (κ3) is 5.46. The number of carbonyl (C=O) groups excluding carboxylic acids is 2. The Kier molecular flexibility index (Phi) is 8.00. The van der Waals surface area contributed by atoms with Crippen LogP contribution in [0, 0.1) is 0 Å². The Bertz CT molecular complexity index is 867. The highest BCUT2D eigenvalue weighted by atomic mass is 35.5. The molecule has 1 aliphatic carbocycles. The molecule has 0 unspecified atom stereocenters. The van der Waals surface area contributed by atoms with E-state index < -0.39 is 6.04 Å². The van der Waals surface area contributed by atoms with Gasteiger partial charge in [0.15, 0.2) is 0 Å². The first-order valence-electron chi connectivity index (χ1n) is 10.1. The predicted molar refractivity (Wildman–Crippen MR) is 119 cm³/mol. The van der Waals surface area contributed by atoms with Crippen molar-refractivity contribution in [2.24, 2.45) is 0 Å². The number of para-hydroxylation sites is 1. The molecule has 2 aromatic rings. The van der Waals surface area contributed by atoms with Crippen molar-refractivity contribution in [1.82, 2.24) is 10.2 Å². The Morgan fingerprint density at radius 1 is 1.13 bits per heavy atom. The van der Waals surface area contributed by atoms with Crippen molar-refractivity contribution in [2.75, 3.05) is 13.0 Å². The van der Waals surface area contributed by atoms with E-state index >= 15 is 0 Å². The second-order valence-corrected chi connectivity index (χ2v) is 8.11. The van der Waals surface area contributed by atoms with Crippen LogP contribution in [0.15, 0.2) is 48.5 Å². The van der Waals surface area contributed by atoms with Gasteiger partial charge >= 0.3 is 0 Å². The molecule has 3 rings (SSSR count). The molecule has 0 aliphatic heterocycles. The first kappa shape index (κ1) is 22.4. The van der Waals surface area contributed by atoms with Gasteiger partial charge in [0, 0.05) is 16.6 Å². The molecule has 0 aromatic heterocycles. The van der Waals surface area contributed by atoms with Gasteiger partial charge in [-0.3, -0.25) is 9.59 Å². The van der Waals surface area contributed by atoms with Crippen LogP contribution in [0.25, 0.3) is 0 Å². The topological polar surface area (TPSA) is 58.6 Å². The molecule has 2 amide bonds. The highest BCUT2D eigenvalue weighted by molar-refractivity contribution is 6.30. The summed E-state index contributed by atoms with van der Waals surface area (Å²) in [6.07, 6.45) is 4.11. The summed E-state index contributed by atoms with van der Waals surface area (Å²) >= 11 is 12.0. The molecular weight excluding hydrogens is 423 g/mol. The minimum Gasteiger partial charge on any atom is -0.496 e. The highest BCUT2D eigenvalue weighted by Crippen LogP contribution is 2.29. The van der Waals surface area contributed by atoms with Crippen molar-refractivity contribution in [3.05, 3.63) is 64.7 Å². The van der Waals surface area contributed by atoms with E-state index in [0.29, 0.717) is 16.3 Å². The number of rotatable bonds is 8. The van der Waals surface area contributed by atoms with Gasteiger partial charge in [0.05, 0.1) is 13.7 Å². The summed E-state index contributed by atoms with van der Waals surface area (Å²) in [7, 11) is 1.58. The molecule has 0 radical (unpaired) electrons. The van der Waals surface area contributed by atoms with E-state index in [1.165, 1.54) is 4.90 Å². The fraction of sp³-hybridized carbons (Fsp3) is 0.391. The number of benzene rings is 2. The van der Waals surface area contributed by atoms with Crippen molar-refractivity contribution in [2.45, 2.75) is 44.3 Å². The Labute approximate surface area is 187 Å². The average Bonchev–Trinajstić information content (AvgIpc) is 3.27. The minimum absolute atomic E-state index is 0.131. The Morgan fingerprint density at radius 2 is 1.80 bits per heavy atom. The van der Waals surface area contributed by atoms with Crippen LogP contribution in [-0.2, 0) is 16.1 Å². The minimum atomic E-state index is -0.820. The summed E-state index contributed by atoms with van der Waals surface area (Å²) < 4.78 is 5.44. The molecule has 0 spiro atoms. The zero-order valence-corrected chi connectivity index (χ0v) is 18.5. The van der Waals surface area contributed by atoms with Gasteiger partial charge in [0.25, 0.3) is 0 Å². The number of amides is 2. The van der Waals surface area contributed by atoms with Crippen LogP contribution >= 0.6 is 23.2 Å². The average molecular weight is 449 g/mol. The van der Waals surface area contributed by atoms with Gasteiger partial charge in [0.1, 0.15) is 17.7 Å². The standard InChI is InChI=1S/C23H26Cl2N2O3/c1-30-20-9-5-2-6-17(20)15-27(21(28)14-24)22(16-10-12-18(25)13-11-16)23(29)26-19-7-3-4-8-19/h2,5-6,9-13,19,22H,3-4,7-8,14-15H2,1H3,(H,26,29)/t22-/m0/s1. The van der Waals surface area contributed by atoms with E-state index in [2.05, 4.69) is 5.32 Å². The SMILES string of the molecule is COc1ccccc1CN(C(=O)CCl)[C@H](C(=O)NC1CCCC1)c1ccc(Cl)cc1. The summed E-state index contributed by atoms with van der Waals surface area (Å²) in [5.74, 6) is -0.117. The second-order valence-electron chi connectivity index (χ2n) is 7.41. The molecule has 2 aromatic carbocycles. The number of hydrogen-bond donors (Lipinski definition) is 1. The molecule has 1 aliphatic rings. The molecule has 1 N–H and O–H groups in total. The zero-order chi connectivity index (χ0) is 21.5. The lowest BCUT2D eigenvalue weighted by molar-refractivity contribution is -0.140. The Morgan fingerprint density at radius 3 is 2.43 bits per heavy atom. The second kappa shape index (κ2) is 10.7. The quantitative estimate of drug-likeness (QED) is 0.594. The Balaban J connectivity index is 1.97. The lowest BCUT2D eigenvalue weighted by Crippen LogP contribution is -2.46. The maximum Gasteiger partial charge on any atom is 0.247 e. The summed E-state index contributed by atoms with van der Waals surface area (Å²) in [5.41, 5.74) is 1.48. The fourth-order valence-corrected chi connectivity index (χ4v) is 4.17. The maximum absolute atomic E-state index is 13.4. The molecule has 30 heavy (non-hydrogen) atoms. The van der Waals surface area contributed by atoms with Crippen LogP contribution in [0.3, 0.4) is 0 Å². The van der Waals surface area contributed by atoms with E-state index in [1.807, 2.05) is 24.3 Å². The molecule has 0 saturated heterocycles. The van der Waals surface area contributed by atoms with Crippen LogP contribution in [0.5, 0.6) is 5.75 Å². The number of halogens is 2. The van der Waals surface area contributed by atoms with E-state index in [9.17, 15) is 9.59 Å². The van der Waals surface area contributed by atoms with Gasteiger partial charge in [0.2, 0.25) is 11.8 Å². The van der Waals surface area contributed by atoms with Gasteiger partial charge in [-0.25, -0.2) is 0 Å². The number of alkyl halides is 1. The summed E-state index contributed by atoms with van der Waals surface area (Å²) in [6.45, 7) is 0.195. The number of methoxy groups -OCH3 is 1. The van der Waals surface area contributed by atoms with Crippen molar-refractivity contribution in [1.29, 1.82) is 0 Å². The third-order valence-electron chi connectivity index (χ3n) is 5.42. The van der Waals surface area contributed by atoms with Gasteiger partial charge in [-0.1, -0.05) is 54.8 Å². The number of carbonyl (C=O) groups is 2. The third-order valence-corrected chi connectivity index (χ3v) is 5.90. The number of hydrogen-bond acceptors (Lipinski definition) is 3. The van der Waals surface area contributed by atoms with E-state index in [0.717, 1.165) is 31.2 Å². The number of nitrogens with one attached hydrogen (secondary N) is 1.